The maximum absolute atomic E-state index is 11.7. The fraction of sp³-hybridized carbons (Fsp3) is 0.353. The van der Waals surface area contributed by atoms with Gasteiger partial charge in [0.1, 0.15) is 11.9 Å². The molecule has 1 aromatic heterocycles. The highest BCUT2D eigenvalue weighted by Gasteiger charge is 2.23. The van der Waals surface area contributed by atoms with Gasteiger partial charge < -0.3 is 14.6 Å². The van der Waals surface area contributed by atoms with Crippen LogP contribution in [0.5, 0.6) is 0 Å². The number of ether oxygens (including phenoxy) is 1. The highest BCUT2D eigenvalue weighted by atomic mass is 16.6. The molecule has 2 heterocycles. The Kier molecular flexibility index (Phi) is 4.29. The van der Waals surface area contributed by atoms with Gasteiger partial charge >= 0.3 is 6.09 Å². The van der Waals surface area contributed by atoms with Gasteiger partial charge in [0.15, 0.2) is 0 Å². The number of carbonyl (C=O) groups excluding carboxylic acids is 1. The summed E-state index contributed by atoms with van der Waals surface area (Å²) in [5.74, 6) is 0.605. The van der Waals surface area contributed by atoms with E-state index in [9.17, 15) is 10.1 Å². The molecule has 0 unspecified atom stereocenters. The van der Waals surface area contributed by atoms with Crippen molar-refractivity contribution in [2.45, 2.75) is 19.8 Å². The number of nitrogens with zero attached hydrogens (tertiary/aromatic N) is 3. The van der Waals surface area contributed by atoms with Gasteiger partial charge in [-0.05, 0) is 37.5 Å². The Morgan fingerprint density at radius 3 is 2.78 bits per heavy atom. The second-order valence-corrected chi connectivity index (χ2v) is 5.38. The highest BCUT2D eigenvalue weighted by molar-refractivity contribution is 5.83. The molecule has 1 amide bonds. The van der Waals surface area contributed by atoms with E-state index in [1.54, 1.807) is 11.8 Å². The first-order valence-electron chi connectivity index (χ1n) is 7.72. The van der Waals surface area contributed by atoms with Crippen molar-refractivity contribution >= 4 is 22.7 Å². The monoisotopic (exact) mass is 310 g/mol. The zero-order valence-corrected chi connectivity index (χ0v) is 13.0. The standard InChI is InChI=1S/C17H18N4O2/c1-2-23-17(22)21-9-7-12(8-10-21)13(11-18)16-19-14-5-3-4-6-15(14)20-16/h3-6H,2,7-10H2,1H3,(H,19,20). The Labute approximate surface area is 134 Å². The normalized spacial score (nSPS) is 14.6. The number of H-pyrrole nitrogens is 1. The number of piperidine rings is 1. The predicted octanol–water partition coefficient (Wildman–Crippen LogP) is 3.09. The van der Waals surface area contributed by atoms with E-state index >= 15 is 0 Å². The number of likely N-dealkylation sites (tertiary alicyclic amines) is 1. The van der Waals surface area contributed by atoms with E-state index in [-0.39, 0.29) is 6.09 Å². The van der Waals surface area contributed by atoms with Crippen molar-refractivity contribution in [3.63, 3.8) is 0 Å². The molecule has 0 spiro atoms. The number of nitriles is 1. The third-order valence-electron chi connectivity index (χ3n) is 3.98. The Morgan fingerprint density at radius 2 is 2.13 bits per heavy atom. The zero-order chi connectivity index (χ0) is 16.2. The summed E-state index contributed by atoms with van der Waals surface area (Å²) in [5, 5.41) is 9.54. The summed E-state index contributed by atoms with van der Waals surface area (Å²) in [6, 6.07) is 9.98. The third-order valence-corrected chi connectivity index (χ3v) is 3.98. The predicted molar refractivity (Wildman–Crippen MR) is 86.5 cm³/mol. The van der Waals surface area contributed by atoms with E-state index in [2.05, 4.69) is 16.0 Å². The van der Waals surface area contributed by atoms with Gasteiger partial charge in [0.25, 0.3) is 0 Å². The van der Waals surface area contributed by atoms with Crippen LogP contribution in [0.2, 0.25) is 0 Å². The number of hydrogen-bond donors (Lipinski definition) is 1. The first kappa shape index (κ1) is 15.1. The molecule has 3 rings (SSSR count). The lowest BCUT2D eigenvalue weighted by Crippen LogP contribution is -2.37. The summed E-state index contributed by atoms with van der Waals surface area (Å²) in [6.07, 6.45) is 1.05. The number of allylic oxidation sites excluding steroid dienone is 1. The molecule has 2 aromatic rings. The van der Waals surface area contributed by atoms with Crippen LogP contribution >= 0.6 is 0 Å². The van der Waals surface area contributed by atoms with Crippen LogP contribution < -0.4 is 0 Å². The molecule has 6 nitrogen and oxygen atoms in total. The van der Waals surface area contributed by atoms with Crippen LogP contribution in [0.1, 0.15) is 25.6 Å². The lowest BCUT2D eigenvalue weighted by molar-refractivity contribution is 0.104. The lowest BCUT2D eigenvalue weighted by atomic mass is 9.98. The number of aromatic amines is 1. The van der Waals surface area contributed by atoms with Gasteiger partial charge in [-0.3, -0.25) is 0 Å². The van der Waals surface area contributed by atoms with Crippen molar-refractivity contribution in [1.29, 1.82) is 5.26 Å². The van der Waals surface area contributed by atoms with Crippen LogP contribution in [-0.4, -0.2) is 40.7 Å². The van der Waals surface area contributed by atoms with Crippen LogP contribution in [0, 0.1) is 11.3 Å². The summed E-state index contributed by atoms with van der Waals surface area (Å²) >= 11 is 0. The summed E-state index contributed by atoms with van der Waals surface area (Å²) in [5.41, 5.74) is 3.39. The third kappa shape index (κ3) is 3.04. The molecule has 0 aliphatic carbocycles. The fourth-order valence-electron chi connectivity index (χ4n) is 2.79. The molecule has 1 aromatic carbocycles. The highest BCUT2D eigenvalue weighted by Crippen LogP contribution is 2.26. The van der Waals surface area contributed by atoms with Crippen molar-refractivity contribution in [3.8, 4) is 6.07 Å². The molecule has 1 N–H and O–H groups in total. The SMILES string of the molecule is CCOC(=O)N1CCC(=C(C#N)c2nc3ccccc3[nH]2)CC1. The van der Waals surface area contributed by atoms with Crippen molar-refractivity contribution in [3.05, 3.63) is 35.7 Å². The number of imidazole rings is 1. The van der Waals surface area contributed by atoms with Crippen molar-refractivity contribution in [1.82, 2.24) is 14.9 Å². The quantitative estimate of drug-likeness (QED) is 0.864. The Hall–Kier alpha value is -2.81. The van der Waals surface area contributed by atoms with E-state index in [1.807, 2.05) is 24.3 Å². The Balaban J connectivity index is 1.82. The van der Waals surface area contributed by atoms with Crippen molar-refractivity contribution < 1.29 is 9.53 Å². The van der Waals surface area contributed by atoms with Crippen molar-refractivity contribution in [2.24, 2.45) is 0 Å². The molecule has 1 fully saturated rings. The van der Waals surface area contributed by atoms with Gasteiger partial charge in [0.2, 0.25) is 0 Å². The second-order valence-electron chi connectivity index (χ2n) is 5.38. The number of carbonyl (C=O) groups is 1. The lowest BCUT2D eigenvalue weighted by Gasteiger charge is -2.27. The Bertz CT molecular complexity index is 757. The van der Waals surface area contributed by atoms with Crippen LogP contribution in [0.4, 0.5) is 4.79 Å². The first-order valence-corrected chi connectivity index (χ1v) is 7.72. The molecule has 6 heteroatoms. The van der Waals surface area contributed by atoms with Gasteiger partial charge in [0.05, 0.1) is 23.2 Å². The van der Waals surface area contributed by atoms with E-state index in [0.29, 0.717) is 43.9 Å². The Morgan fingerprint density at radius 1 is 1.39 bits per heavy atom. The number of benzene rings is 1. The van der Waals surface area contributed by atoms with Gasteiger partial charge in [-0.15, -0.1) is 0 Å². The van der Waals surface area contributed by atoms with Gasteiger partial charge in [-0.1, -0.05) is 12.1 Å². The number of aromatic nitrogens is 2. The van der Waals surface area contributed by atoms with Crippen LogP contribution in [0.15, 0.2) is 29.8 Å². The van der Waals surface area contributed by atoms with E-state index < -0.39 is 0 Å². The summed E-state index contributed by atoms with van der Waals surface area (Å²) in [6.45, 7) is 3.31. The molecule has 0 radical (unpaired) electrons. The zero-order valence-electron chi connectivity index (χ0n) is 13.0. The summed E-state index contributed by atoms with van der Waals surface area (Å²) < 4.78 is 5.02. The molecule has 0 saturated carbocycles. The van der Waals surface area contributed by atoms with E-state index in [0.717, 1.165) is 16.6 Å². The average Bonchev–Trinajstić information content (AvgIpc) is 3.00. The van der Waals surface area contributed by atoms with Gasteiger partial charge in [0, 0.05) is 13.1 Å². The molecule has 0 bridgehead atoms. The molecule has 0 atom stereocenters. The number of nitrogens with one attached hydrogen (secondary N) is 1. The summed E-state index contributed by atoms with van der Waals surface area (Å²) in [4.78, 5) is 21.1. The average molecular weight is 310 g/mol. The van der Waals surface area contributed by atoms with Gasteiger partial charge in [-0.25, -0.2) is 9.78 Å². The number of para-hydroxylation sites is 2. The molecule has 1 aliphatic rings. The molecule has 1 aliphatic heterocycles. The maximum atomic E-state index is 11.7. The summed E-state index contributed by atoms with van der Waals surface area (Å²) in [7, 11) is 0. The minimum Gasteiger partial charge on any atom is -0.450 e. The van der Waals surface area contributed by atoms with Crippen LogP contribution in [0.3, 0.4) is 0 Å². The molecule has 1 saturated heterocycles. The largest absolute Gasteiger partial charge is 0.450 e. The molecule has 118 valence electrons. The van der Waals surface area contributed by atoms with Crippen LogP contribution in [0.25, 0.3) is 16.6 Å². The maximum Gasteiger partial charge on any atom is 0.409 e. The first-order chi connectivity index (χ1) is 11.2. The van der Waals surface area contributed by atoms with Gasteiger partial charge in [-0.2, -0.15) is 5.26 Å². The van der Waals surface area contributed by atoms with Crippen molar-refractivity contribution in [2.75, 3.05) is 19.7 Å². The molecular formula is C17H18N4O2. The number of hydrogen-bond acceptors (Lipinski definition) is 4. The number of rotatable bonds is 2. The smallest absolute Gasteiger partial charge is 0.409 e. The van der Waals surface area contributed by atoms with E-state index in [1.165, 1.54) is 0 Å². The van der Waals surface area contributed by atoms with E-state index in [4.69, 9.17) is 4.74 Å². The molecule has 23 heavy (non-hydrogen) atoms. The number of fused-ring (bicyclic) bond motifs is 1. The fourth-order valence-corrected chi connectivity index (χ4v) is 2.79. The molecular weight excluding hydrogens is 292 g/mol. The second kappa shape index (κ2) is 6.53. The topological polar surface area (TPSA) is 82.0 Å². The van der Waals surface area contributed by atoms with Crippen LogP contribution in [-0.2, 0) is 4.74 Å². The minimum atomic E-state index is -0.284. The number of amides is 1. The minimum absolute atomic E-state index is 0.284.